The number of nitrogens with two attached hydrogens (primary N) is 1. The molecule has 0 radical (unpaired) electrons. The number of ether oxygens (including phenoxy) is 15. The first-order valence-corrected chi connectivity index (χ1v) is 46.9. The van der Waals surface area contributed by atoms with Crippen molar-refractivity contribution < 1.29 is 123 Å². The summed E-state index contributed by atoms with van der Waals surface area (Å²) in [7, 11) is 0.593. The van der Waals surface area contributed by atoms with Crippen LogP contribution in [0.2, 0.25) is 0 Å². The second-order valence-corrected chi connectivity index (χ2v) is 36.4. The van der Waals surface area contributed by atoms with Crippen LogP contribution >= 0.6 is 12.2 Å². The number of thiocarbonyl (C=S) groups is 1. The highest BCUT2D eigenvalue weighted by Crippen LogP contribution is 2.40. The van der Waals surface area contributed by atoms with Crippen LogP contribution in [0.5, 0.6) is 5.75 Å². The Labute approximate surface area is 755 Å². The van der Waals surface area contributed by atoms with E-state index in [0.717, 1.165) is 28.7 Å². The molecule has 3 aromatic rings. The molecule has 2 bridgehead atoms. The summed E-state index contributed by atoms with van der Waals surface area (Å²) in [6.07, 6.45) is 13.8. The second-order valence-electron chi connectivity index (χ2n) is 33.9. The number of pyridine rings is 1. The molecule has 1 aromatic heterocycles. The third-order valence-electron chi connectivity index (χ3n) is 24.1. The largest absolute Gasteiger partial charge is 0.491 e. The molecule has 2 saturated heterocycles. The third-order valence-corrected chi connectivity index (χ3v) is 26.1. The number of sulfone groups is 1. The quantitative estimate of drug-likeness (QED) is 0.0156. The van der Waals surface area contributed by atoms with Gasteiger partial charge >= 0.3 is 5.97 Å². The number of carbonyl (C=O) groups excluding carboxylic acids is 7. The van der Waals surface area contributed by atoms with Crippen molar-refractivity contribution in [3.8, 4) is 16.9 Å². The van der Waals surface area contributed by atoms with Gasteiger partial charge in [0.25, 0.3) is 17.6 Å². The van der Waals surface area contributed by atoms with Gasteiger partial charge in [-0.1, -0.05) is 77.1 Å². The Bertz CT molecular complexity index is 4260. The van der Waals surface area contributed by atoms with E-state index in [9.17, 15) is 52.2 Å². The molecule has 5 aliphatic rings. The fourth-order valence-electron chi connectivity index (χ4n) is 16.5. The lowest BCUT2D eigenvalue weighted by Crippen LogP contribution is -2.61. The minimum Gasteiger partial charge on any atom is -0.491 e. The molecule has 0 spiro atoms. The zero-order chi connectivity index (χ0) is 92.0. The van der Waals surface area contributed by atoms with Gasteiger partial charge in [-0.2, -0.15) is 0 Å². The molecule has 706 valence electrons. The molecule has 32 heteroatoms. The highest BCUT2D eigenvalue weighted by molar-refractivity contribution is 7.92. The number of fused-ring (bicyclic) bond motifs is 4. The number of cyclic esters (lactones) is 1. The van der Waals surface area contributed by atoms with E-state index in [2.05, 4.69) is 4.98 Å². The minimum absolute atomic E-state index is 0.0133. The number of benzene rings is 2. The molecule has 15 atom stereocenters. The SMILES string of the molecule is CO[C@H]1C[C@@H]2CC[C@@H](C)[C@@](O)(O2)C(=O)C(=O)N2CCCC[C@H]2C(=O)O[C@H]([C@H](C)C[C@@H]2CC[C@@H](OC(=S)CCCOCCOCCOCCOCCOCCOCCOCCOCCC(=O)CS(=O)(=O)c3ccc(C(=O)N4CCOc5ccc(-c6ccc(N)nc6)cc5C4)c(C)c3)[C@H](OC)C2)CC(=O)[C@H](C)/C=C(\C)[C@@H](O)[C@@H](OC)C(=O)[C@H](C)C[C@H](C)/C=C/C=C/C=C/1C. The zero-order valence-electron chi connectivity index (χ0n) is 76.1. The van der Waals surface area contributed by atoms with Crippen molar-refractivity contribution in [1.29, 1.82) is 0 Å². The number of aliphatic hydroxyl groups is 2. The van der Waals surface area contributed by atoms with E-state index < -0.39 is 105 Å². The summed E-state index contributed by atoms with van der Waals surface area (Å²) in [6, 6.07) is 12.4. The lowest BCUT2D eigenvalue weighted by atomic mass is 9.78. The van der Waals surface area contributed by atoms with Gasteiger partial charge in [-0.05, 0) is 186 Å². The smallest absolute Gasteiger partial charge is 0.329 e. The Morgan fingerprint density at radius 1 is 0.693 bits per heavy atom. The number of anilines is 1. The van der Waals surface area contributed by atoms with E-state index in [0.29, 0.717) is 196 Å². The number of esters is 1. The van der Waals surface area contributed by atoms with Gasteiger partial charge in [0.15, 0.2) is 26.5 Å². The Morgan fingerprint density at radius 3 is 1.96 bits per heavy atom. The van der Waals surface area contributed by atoms with Crippen molar-refractivity contribution in [2.75, 3.05) is 158 Å². The Hall–Kier alpha value is -7.48. The van der Waals surface area contributed by atoms with E-state index in [4.69, 9.17) is 89.0 Å². The number of Topliss-reactive ketones (excluding diaryl/α,β-unsaturated/α-hetero) is 4. The maximum atomic E-state index is 14.8. The number of hydrogen-bond donors (Lipinski definition) is 3. The van der Waals surface area contributed by atoms with Crippen molar-refractivity contribution in [3.63, 3.8) is 0 Å². The fourth-order valence-corrected chi connectivity index (χ4v) is 18.2. The van der Waals surface area contributed by atoms with E-state index in [1.54, 1.807) is 65.2 Å². The van der Waals surface area contributed by atoms with E-state index >= 15 is 0 Å². The maximum absolute atomic E-state index is 14.8. The molecule has 30 nitrogen and oxygen atoms in total. The Kier molecular flexibility index (Phi) is 44.9. The van der Waals surface area contributed by atoms with Gasteiger partial charge in [0.1, 0.15) is 60.2 Å². The third kappa shape index (κ3) is 33.4. The van der Waals surface area contributed by atoms with Crippen LogP contribution in [0.15, 0.2) is 107 Å². The number of allylic oxidation sites excluding steroid dienone is 6. The average molecular weight is 1820 g/mol. The standard InChI is InChI=1S/C95H138N4O26S2/c1-63-18-13-12-14-19-64(2)83(111-9)58-76-26-22-70(8)95(108,125-76)91(104)93(106)99-33-16-15-20-79(99)94(107)124-84(59-80(101)66(4)53-69(7)89(103)90(113-11)88(102)68(6)52-63)67(5)54-71-23-29-82(85(56-71)112-10)123-87(126)21-17-35-114-38-40-116-42-44-118-46-48-120-50-51-121-49-47-119-45-43-117-41-39-115-36-32-75(100)62-127(109,110)77-27-28-78(65(3)55-77)92(105)98-34-37-122-81-30-24-72(57-74(81)61-98)73-25-31-86(96)97-60-73/h12-14,18-19,24-25,27-28,30-31,53,55,57,60,63,66-68,70-71,76,79,82-85,89-90,103,108H,15-17,20-23,26,29,32-52,54,56,58-59,61-62H2,1-11H3,(H2,96,97)/b14-12+,18-13+,64-19+,69-53+/t63-,66-,67-,68-,70-,71+,76+,79+,82-,83+,84+,85-,89-,90+,95-/m1/s1. The van der Waals surface area contributed by atoms with Crippen molar-refractivity contribution >= 4 is 73.8 Å². The number of piperidine rings is 1. The number of amides is 2. The lowest BCUT2D eigenvalue weighted by molar-refractivity contribution is -0.265. The van der Waals surface area contributed by atoms with Gasteiger partial charge in [-0.3, -0.25) is 28.8 Å². The molecule has 0 unspecified atom stereocenters. The predicted molar refractivity (Wildman–Crippen MR) is 480 cm³/mol. The summed E-state index contributed by atoms with van der Waals surface area (Å²) in [5.41, 5.74) is 10.4. The van der Waals surface area contributed by atoms with Gasteiger partial charge in [0.2, 0.25) is 5.79 Å². The van der Waals surface area contributed by atoms with Crippen molar-refractivity contribution in [2.24, 2.45) is 35.5 Å². The first-order valence-electron chi connectivity index (χ1n) is 44.9. The van der Waals surface area contributed by atoms with Gasteiger partial charge in [0, 0.05) is 107 Å². The monoisotopic (exact) mass is 1810 g/mol. The van der Waals surface area contributed by atoms with Crippen LogP contribution in [0.25, 0.3) is 11.1 Å². The average Bonchev–Trinajstić information content (AvgIpc) is 0.947. The number of ketones is 4. The Balaban J connectivity index is 0.655. The van der Waals surface area contributed by atoms with Gasteiger partial charge in [-0.15, -0.1) is 0 Å². The molecular formula is C95H138N4O26S2. The van der Waals surface area contributed by atoms with Crippen LogP contribution in [0.4, 0.5) is 5.82 Å². The molecule has 2 aromatic carbocycles. The topological polar surface area (TPSA) is 378 Å². The number of carbonyl (C=O) groups is 7. The number of aryl methyl sites for hydroxylation is 1. The van der Waals surface area contributed by atoms with Gasteiger partial charge in [-0.25, -0.2) is 18.2 Å². The molecule has 127 heavy (non-hydrogen) atoms. The van der Waals surface area contributed by atoms with Crippen molar-refractivity contribution in [1.82, 2.24) is 14.8 Å². The normalized spacial score (nSPS) is 27.0. The molecular weight excluding hydrogens is 1680 g/mol. The highest BCUT2D eigenvalue weighted by Gasteiger charge is 2.53. The van der Waals surface area contributed by atoms with Crippen molar-refractivity contribution in [2.45, 2.75) is 218 Å². The van der Waals surface area contributed by atoms with E-state index in [1.807, 2.05) is 82.3 Å². The van der Waals surface area contributed by atoms with Crippen molar-refractivity contribution in [3.05, 3.63) is 119 Å². The number of nitrogens with zero attached hydrogens (tertiary/aromatic N) is 3. The van der Waals surface area contributed by atoms with Crippen LogP contribution < -0.4 is 10.5 Å². The number of nitrogen functional groups attached to an aromatic ring is 1. The number of aromatic nitrogens is 1. The van der Waals surface area contributed by atoms with Crippen LogP contribution in [0.1, 0.15) is 166 Å². The Morgan fingerprint density at radius 2 is 1.34 bits per heavy atom. The summed E-state index contributed by atoms with van der Waals surface area (Å²) in [5.74, 6) is -8.78. The number of aliphatic hydroxyl groups excluding tert-OH is 1. The minimum atomic E-state index is -3.99. The molecule has 2 amide bonds. The summed E-state index contributed by atoms with van der Waals surface area (Å²) in [5, 5.41) is 24.2. The van der Waals surface area contributed by atoms with E-state index in [1.165, 1.54) is 30.2 Å². The predicted octanol–water partition coefficient (Wildman–Crippen LogP) is 10.9. The summed E-state index contributed by atoms with van der Waals surface area (Å²) in [6.45, 7) is 20.7. The lowest BCUT2D eigenvalue weighted by Gasteiger charge is -2.42. The zero-order valence-corrected chi connectivity index (χ0v) is 77.8. The summed E-state index contributed by atoms with van der Waals surface area (Å²) < 4.78 is 114. The first kappa shape index (κ1) is 105. The molecule has 8 rings (SSSR count). The van der Waals surface area contributed by atoms with Crippen LogP contribution in [0, 0.1) is 42.4 Å². The molecule has 4 N–H and O–H groups in total. The highest BCUT2D eigenvalue weighted by atomic mass is 32.2. The molecule has 1 saturated carbocycles. The maximum Gasteiger partial charge on any atom is 0.329 e. The molecule has 3 fully saturated rings. The summed E-state index contributed by atoms with van der Waals surface area (Å²) >= 11 is 5.72. The van der Waals surface area contributed by atoms with Gasteiger partial charge in [0.05, 0.1) is 129 Å². The number of methoxy groups -OCH3 is 3. The summed E-state index contributed by atoms with van der Waals surface area (Å²) in [4.78, 5) is 106. The number of rotatable bonds is 40. The van der Waals surface area contributed by atoms with Crippen LogP contribution in [-0.2, 0) is 111 Å². The van der Waals surface area contributed by atoms with Crippen LogP contribution in [-0.4, -0.2) is 286 Å². The fraction of sp³-hybridized carbons (Fsp3) is 0.653. The van der Waals surface area contributed by atoms with E-state index in [-0.39, 0.29) is 105 Å². The molecule has 5 heterocycles. The van der Waals surface area contributed by atoms with Crippen LogP contribution in [0.3, 0.4) is 0 Å². The molecule has 4 aliphatic heterocycles. The number of hydrogen-bond acceptors (Lipinski definition) is 29. The molecule has 1 aliphatic carbocycles. The van der Waals surface area contributed by atoms with Gasteiger partial charge < -0.3 is 96.8 Å². The second kappa shape index (κ2) is 54.4. The first-order chi connectivity index (χ1) is 60.9.